The van der Waals surface area contributed by atoms with Crippen molar-refractivity contribution in [1.82, 2.24) is 9.80 Å². The first-order valence-corrected chi connectivity index (χ1v) is 11.0. The van der Waals surface area contributed by atoms with E-state index in [2.05, 4.69) is 15.9 Å². The molecule has 2 heterocycles. The normalized spacial score (nSPS) is 37.7. The number of amides is 2. The van der Waals surface area contributed by atoms with Crippen molar-refractivity contribution in [1.29, 1.82) is 0 Å². The van der Waals surface area contributed by atoms with Crippen LogP contribution >= 0.6 is 15.9 Å². The first-order chi connectivity index (χ1) is 12.9. The highest BCUT2D eigenvalue weighted by Gasteiger charge is 2.57. The van der Waals surface area contributed by atoms with Gasteiger partial charge in [0.1, 0.15) is 0 Å². The van der Waals surface area contributed by atoms with Crippen molar-refractivity contribution < 1.29 is 14.0 Å². The fraction of sp³-hybridized carbons (Fsp3) is 0.714. The molecule has 4 bridgehead atoms. The van der Waals surface area contributed by atoms with Gasteiger partial charge in [-0.2, -0.15) is 0 Å². The molecule has 1 aromatic rings. The highest BCUT2D eigenvalue weighted by Crippen LogP contribution is 2.65. The van der Waals surface area contributed by atoms with Gasteiger partial charge in [0.25, 0.3) is 5.91 Å². The van der Waals surface area contributed by atoms with Crippen molar-refractivity contribution >= 4 is 27.7 Å². The molecule has 5 aliphatic rings. The molecule has 146 valence electrons. The van der Waals surface area contributed by atoms with Crippen LogP contribution in [0.25, 0.3) is 0 Å². The van der Waals surface area contributed by atoms with Crippen LogP contribution in [0.2, 0.25) is 0 Å². The number of alkyl halides is 1. The summed E-state index contributed by atoms with van der Waals surface area (Å²) in [5.74, 6) is 2.21. The Labute approximate surface area is 168 Å². The standard InChI is InChI=1S/C21H27BrN2O3/c22-21-11-15-8-16(12-21)10-20(9-15,14-21)13-18(25)23-3-5-24(6-4-23)19(26)17-2-1-7-27-17/h1-2,7,15-16H,3-6,8-14H2. The number of carbonyl (C=O) groups excluding carboxylic acids is 2. The lowest BCUT2D eigenvalue weighted by Gasteiger charge is -2.60. The van der Waals surface area contributed by atoms with Gasteiger partial charge in [0.15, 0.2) is 5.76 Å². The summed E-state index contributed by atoms with van der Waals surface area (Å²) < 4.78 is 5.51. The van der Waals surface area contributed by atoms with Crippen LogP contribution in [0.5, 0.6) is 0 Å². The number of halogens is 1. The third kappa shape index (κ3) is 3.24. The van der Waals surface area contributed by atoms with Crippen LogP contribution in [0.15, 0.2) is 22.8 Å². The van der Waals surface area contributed by atoms with E-state index in [4.69, 9.17) is 4.42 Å². The highest BCUT2D eigenvalue weighted by atomic mass is 79.9. The van der Waals surface area contributed by atoms with E-state index >= 15 is 0 Å². The third-order valence-corrected chi connectivity index (χ3v) is 8.22. The van der Waals surface area contributed by atoms with E-state index in [9.17, 15) is 9.59 Å². The molecule has 6 heteroatoms. The Hall–Kier alpha value is -1.30. The Morgan fingerprint density at radius 1 is 1.07 bits per heavy atom. The van der Waals surface area contributed by atoms with Gasteiger partial charge in [-0.25, -0.2) is 0 Å². The maximum absolute atomic E-state index is 13.1. The second kappa shape index (κ2) is 6.36. The maximum Gasteiger partial charge on any atom is 0.289 e. The zero-order chi connectivity index (χ0) is 18.6. The minimum atomic E-state index is -0.0746. The molecule has 27 heavy (non-hydrogen) atoms. The summed E-state index contributed by atoms with van der Waals surface area (Å²) in [6.45, 7) is 2.44. The summed E-state index contributed by atoms with van der Waals surface area (Å²) in [6.07, 6.45) is 9.82. The quantitative estimate of drug-likeness (QED) is 0.681. The molecule has 2 atom stereocenters. The van der Waals surface area contributed by atoms with Crippen LogP contribution < -0.4 is 0 Å². The number of hydrogen-bond donors (Lipinski definition) is 0. The van der Waals surface area contributed by atoms with E-state index in [1.54, 1.807) is 17.0 Å². The van der Waals surface area contributed by atoms with Crippen LogP contribution in [0, 0.1) is 17.3 Å². The molecule has 4 aliphatic carbocycles. The van der Waals surface area contributed by atoms with Crippen LogP contribution in [0.3, 0.4) is 0 Å². The Kier molecular flexibility index (Phi) is 4.19. The number of furan rings is 1. The molecule has 0 aromatic carbocycles. The summed E-state index contributed by atoms with van der Waals surface area (Å²) in [6, 6.07) is 3.43. The predicted octanol–water partition coefficient (Wildman–Crippen LogP) is 3.69. The van der Waals surface area contributed by atoms with Crippen LogP contribution in [0.4, 0.5) is 0 Å². The Balaban J connectivity index is 1.20. The number of carbonyl (C=O) groups is 2. The van der Waals surface area contributed by atoms with E-state index in [0.717, 1.165) is 18.3 Å². The number of nitrogens with zero attached hydrogens (tertiary/aromatic N) is 2. The van der Waals surface area contributed by atoms with Gasteiger partial charge in [-0.05, 0) is 67.9 Å². The first-order valence-electron chi connectivity index (χ1n) is 10.2. The summed E-state index contributed by atoms with van der Waals surface area (Å²) in [7, 11) is 0. The van der Waals surface area contributed by atoms with Gasteiger partial charge in [-0.3, -0.25) is 9.59 Å². The number of rotatable bonds is 3. The van der Waals surface area contributed by atoms with Crippen molar-refractivity contribution in [3.8, 4) is 0 Å². The zero-order valence-corrected chi connectivity index (χ0v) is 17.2. The molecule has 5 fully saturated rings. The Morgan fingerprint density at radius 2 is 1.74 bits per heavy atom. The SMILES string of the molecule is O=C(CC12CC3CC(CC(Br)(C3)C1)C2)N1CCN(C(=O)c2ccco2)CC1. The zero-order valence-electron chi connectivity index (χ0n) is 15.7. The average molecular weight is 435 g/mol. The molecule has 0 spiro atoms. The molecule has 0 radical (unpaired) electrons. The van der Waals surface area contributed by atoms with Gasteiger partial charge in [0.2, 0.25) is 5.91 Å². The molecule has 1 aliphatic heterocycles. The van der Waals surface area contributed by atoms with Crippen molar-refractivity contribution in [2.24, 2.45) is 17.3 Å². The van der Waals surface area contributed by atoms with Gasteiger partial charge in [-0.15, -0.1) is 0 Å². The van der Waals surface area contributed by atoms with Crippen molar-refractivity contribution in [3.05, 3.63) is 24.2 Å². The molecule has 2 unspecified atom stereocenters. The van der Waals surface area contributed by atoms with Crippen molar-refractivity contribution in [2.75, 3.05) is 26.2 Å². The van der Waals surface area contributed by atoms with Gasteiger partial charge in [0, 0.05) is 36.9 Å². The lowest BCUT2D eigenvalue weighted by Crippen LogP contribution is -2.55. The molecule has 1 saturated heterocycles. The summed E-state index contributed by atoms with van der Waals surface area (Å²) in [5, 5.41) is 0. The van der Waals surface area contributed by atoms with Crippen LogP contribution in [-0.2, 0) is 4.79 Å². The maximum atomic E-state index is 13.1. The minimum Gasteiger partial charge on any atom is -0.459 e. The van der Waals surface area contributed by atoms with Crippen LogP contribution in [-0.4, -0.2) is 52.1 Å². The number of piperazine rings is 1. The smallest absolute Gasteiger partial charge is 0.289 e. The fourth-order valence-electron chi connectivity index (χ4n) is 6.69. The molecule has 0 N–H and O–H groups in total. The monoisotopic (exact) mass is 434 g/mol. The van der Waals surface area contributed by atoms with Crippen molar-refractivity contribution in [3.63, 3.8) is 0 Å². The molecule has 1 aromatic heterocycles. The van der Waals surface area contributed by atoms with Gasteiger partial charge >= 0.3 is 0 Å². The summed E-state index contributed by atoms with van der Waals surface area (Å²) >= 11 is 4.04. The topological polar surface area (TPSA) is 53.8 Å². The fourth-order valence-corrected chi connectivity index (χ4v) is 8.20. The Morgan fingerprint density at radius 3 is 2.33 bits per heavy atom. The molecule has 6 rings (SSSR count). The molecule has 4 saturated carbocycles. The first kappa shape index (κ1) is 17.8. The summed E-state index contributed by atoms with van der Waals surface area (Å²) in [5.41, 5.74) is 0.214. The second-order valence-corrected chi connectivity index (χ2v) is 11.1. The largest absolute Gasteiger partial charge is 0.459 e. The molecule has 5 nitrogen and oxygen atoms in total. The molecule has 2 amide bonds. The number of hydrogen-bond acceptors (Lipinski definition) is 3. The lowest BCUT2D eigenvalue weighted by molar-refractivity contribution is -0.139. The minimum absolute atomic E-state index is 0.0746. The van der Waals surface area contributed by atoms with Gasteiger partial charge < -0.3 is 14.2 Å². The average Bonchev–Trinajstić information content (AvgIpc) is 3.13. The van der Waals surface area contributed by atoms with E-state index in [-0.39, 0.29) is 17.2 Å². The highest BCUT2D eigenvalue weighted by molar-refractivity contribution is 9.10. The van der Waals surface area contributed by atoms with E-state index < -0.39 is 0 Å². The van der Waals surface area contributed by atoms with E-state index in [1.807, 2.05) is 4.90 Å². The Bertz CT molecular complexity index is 725. The predicted molar refractivity (Wildman–Crippen MR) is 105 cm³/mol. The van der Waals surface area contributed by atoms with Gasteiger partial charge in [-0.1, -0.05) is 15.9 Å². The molecular formula is C21H27BrN2O3. The third-order valence-electron chi connectivity index (χ3n) is 7.29. The van der Waals surface area contributed by atoms with Crippen molar-refractivity contribution in [2.45, 2.75) is 49.3 Å². The second-order valence-electron chi connectivity index (χ2n) is 9.44. The summed E-state index contributed by atoms with van der Waals surface area (Å²) in [4.78, 5) is 29.2. The van der Waals surface area contributed by atoms with Gasteiger partial charge in [0.05, 0.1) is 6.26 Å². The van der Waals surface area contributed by atoms with E-state index in [0.29, 0.717) is 42.7 Å². The van der Waals surface area contributed by atoms with Crippen LogP contribution in [0.1, 0.15) is 55.5 Å². The lowest BCUT2D eigenvalue weighted by atomic mass is 9.48. The molecular weight excluding hydrogens is 408 g/mol. The van der Waals surface area contributed by atoms with E-state index in [1.165, 1.54) is 38.4 Å².